The molecule has 0 amide bonds. The van der Waals surface area contributed by atoms with Crippen molar-refractivity contribution in [1.82, 2.24) is 0 Å². The van der Waals surface area contributed by atoms with Crippen molar-refractivity contribution in [2.24, 2.45) is 0 Å². The van der Waals surface area contributed by atoms with Crippen LogP contribution >= 0.6 is 0 Å². The van der Waals surface area contributed by atoms with Crippen LogP contribution in [0.3, 0.4) is 0 Å². The topological polar surface area (TPSA) is 37.3 Å². The molecule has 0 heterocycles. The Hall–Kier alpha value is 0.132. The van der Waals surface area contributed by atoms with Crippen molar-refractivity contribution in [2.75, 3.05) is 0 Å². The second-order valence-electron chi connectivity index (χ2n) is 0.542. The predicted octanol–water partition coefficient (Wildman–Crippen LogP) is -0.124. The molecule has 0 saturated carbocycles. The first kappa shape index (κ1) is 9.46. The maximum absolute atomic E-state index is 9.25. The van der Waals surface area contributed by atoms with E-state index < -0.39 is 5.97 Å². The molecule has 0 spiro atoms. The molecule has 2 nitrogen and oxygen atoms in total. The summed E-state index contributed by atoms with van der Waals surface area (Å²) in [5.41, 5.74) is 0. The van der Waals surface area contributed by atoms with Crippen molar-refractivity contribution < 1.29 is 9.90 Å². The van der Waals surface area contributed by atoms with Crippen LogP contribution in [0.15, 0.2) is 12.7 Å². The maximum atomic E-state index is 9.25. The van der Waals surface area contributed by atoms with Gasteiger partial charge in [-0.1, -0.05) is 6.58 Å². The summed E-state index contributed by atoms with van der Waals surface area (Å²) in [5, 5.41) is 7.60. The van der Waals surface area contributed by atoms with E-state index in [9.17, 15) is 4.79 Å². The van der Waals surface area contributed by atoms with E-state index in [-0.39, 0.29) is 27.3 Å². The van der Waals surface area contributed by atoms with Crippen LogP contribution in [-0.4, -0.2) is 38.4 Å². The van der Waals surface area contributed by atoms with Gasteiger partial charge in [0.2, 0.25) is 0 Å². The third-order valence-electron chi connectivity index (χ3n) is 0.175. The first-order valence-corrected chi connectivity index (χ1v) is 1.12. The number of carbonyl (C=O) groups is 1. The van der Waals surface area contributed by atoms with Gasteiger partial charge in [0.25, 0.3) is 0 Å². The Kier molecular flexibility index (Phi) is 8.09. The van der Waals surface area contributed by atoms with Gasteiger partial charge in [-0.15, -0.1) is 0 Å². The molecule has 0 aliphatic rings. The van der Waals surface area contributed by atoms with Crippen molar-refractivity contribution in [3.63, 3.8) is 0 Å². The minimum Gasteiger partial charge on any atom is -0.478 e. The van der Waals surface area contributed by atoms with Crippen molar-refractivity contribution >= 4 is 33.3 Å². The van der Waals surface area contributed by atoms with Crippen molar-refractivity contribution in [1.29, 1.82) is 0 Å². The van der Waals surface area contributed by atoms with Gasteiger partial charge in [0.05, 0.1) is 0 Å². The van der Waals surface area contributed by atoms with Gasteiger partial charge in [0.1, 0.15) is 0 Å². The van der Waals surface area contributed by atoms with E-state index in [1.165, 1.54) is 0 Å². The van der Waals surface area contributed by atoms with Gasteiger partial charge in [-0.25, -0.2) is 4.79 Å². The monoisotopic (exact) mass is 280 g/mol. The molecule has 0 aromatic rings. The molecule has 0 saturated heterocycles. The summed E-state index contributed by atoms with van der Waals surface area (Å²) in [6, 6.07) is 0. The standard InChI is InChI=1S/C3H4O2.Pb/c1-2-3(4)5;/h2H,1H2,(H,4,5);. The fourth-order valence-electron chi connectivity index (χ4n) is 0. The summed E-state index contributed by atoms with van der Waals surface area (Å²) in [6.07, 6.45) is 0.833. The number of rotatable bonds is 1. The molecular weight excluding hydrogens is 275 g/mol. The Balaban J connectivity index is 0. The van der Waals surface area contributed by atoms with E-state index in [2.05, 4.69) is 6.58 Å². The van der Waals surface area contributed by atoms with E-state index in [4.69, 9.17) is 5.11 Å². The Bertz CT molecular complexity index is 59.8. The van der Waals surface area contributed by atoms with Crippen LogP contribution in [0.5, 0.6) is 0 Å². The SMILES string of the molecule is C=CC(=O)O.[Pb]. The smallest absolute Gasteiger partial charge is 0.327 e. The molecule has 0 rings (SSSR count). The number of hydrogen-bond acceptors (Lipinski definition) is 1. The summed E-state index contributed by atoms with van der Waals surface area (Å²) in [5.74, 6) is -0.981. The van der Waals surface area contributed by atoms with Gasteiger partial charge in [-0.2, -0.15) is 0 Å². The van der Waals surface area contributed by atoms with E-state index in [1.54, 1.807) is 0 Å². The Morgan fingerprint density at radius 3 is 2.00 bits per heavy atom. The van der Waals surface area contributed by atoms with Crippen molar-refractivity contribution in [3.05, 3.63) is 12.7 Å². The fourth-order valence-corrected chi connectivity index (χ4v) is 0. The molecule has 3 heteroatoms. The summed E-state index contributed by atoms with van der Waals surface area (Å²) in [4.78, 5) is 9.25. The average molecular weight is 279 g/mol. The third-order valence-corrected chi connectivity index (χ3v) is 0.175. The third kappa shape index (κ3) is 8.92. The van der Waals surface area contributed by atoms with Crippen LogP contribution in [0.1, 0.15) is 0 Å². The van der Waals surface area contributed by atoms with Crippen LogP contribution in [0, 0.1) is 0 Å². The number of aliphatic carboxylic acids is 1. The van der Waals surface area contributed by atoms with Gasteiger partial charge in [-0.3, -0.25) is 0 Å². The molecule has 0 atom stereocenters. The minimum atomic E-state index is -0.981. The minimum absolute atomic E-state index is 0. The molecular formula is C3H4O2Pb. The number of hydrogen-bond donors (Lipinski definition) is 1. The largest absolute Gasteiger partial charge is 0.478 e. The Labute approximate surface area is 56.0 Å². The first-order chi connectivity index (χ1) is 2.27. The van der Waals surface area contributed by atoms with Gasteiger partial charge in [-0.05, 0) is 0 Å². The second kappa shape index (κ2) is 5.13. The molecule has 0 aliphatic heterocycles. The molecule has 32 valence electrons. The van der Waals surface area contributed by atoms with Crippen LogP contribution in [0.2, 0.25) is 0 Å². The molecule has 0 fully saturated rings. The number of carboxylic acids is 1. The van der Waals surface area contributed by atoms with E-state index >= 15 is 0 Å². The Morgan fingerprint density at radius 2 is 2.00 bits per heavy atom. The van der Waals surface area contributed by atoms with Crippen molar-refractivity contribution in [3.8, 4) is 0 Å². The first-order valence-electron chi connectivity index (χ1n) is 1.12. The molecule has 0 bridgehead atoms. The summed E-state index contributed by atoms with van der Waals surface area (Å²) >= 11 is 0. The average Bonchev–Trinajstić information content (AvgIpc) is 1.38. The van der Waals surface area contributed by atoms with Gasteiger partial charge < -0.3 is 5.11 Å². The summed E-state index contributed by atoms with van der Waals surface area (Å²) < 4.78 is 0. The molecule has 0 unspecified atom stereocenters. The molecule has 0 aromatic carbocycles. The van der Waals surface area contributed by atoms with Crippen LogP contribution < -0.4 is 0 Å². The molecule has 0 aromatic heterocycles. The van der Waals surface area contributed by atoms with E-state index in [1.807, 2.05) is 0 Å². The zero-order valence-corrected chi connectivity index (χ0v) is 7.03. The second-order valence-corrected chi connectivity index (χ2v) is 0.542. The molecule has 6 heavy (non-hydrogen) atoms. The Morgan fingerprint density at radius 1 is 1.83 bits per heavy atom. The molecule has 4 radical (unpaired) electrons. The normalized spacial score (nSPS) is 5.33. The van der Waals surface area contributed by atoms with Crippen LogP contribution in [0.4, 0.5) is 0 Å². The molecule has 0 aliphatic carbocycles. The number of carboxylic acid groups (broad SMARTS) is 1. The fraction of sp³-hybridized carbons (Fsp3) is 0. The zero-order valence-electron chi connectivity index (χ0n) is 3.14. The van der Waals surface area contributed by atoms with Crippen LogP contribution in [0.25, 0.3) is 0 Å². The van der Waals surface area contributed by atoms with Gasteiger partial charge in [0.15, 0.2) is 0 Å². The van der Waals surface area contributed by atoms with E-state index in [0.29, 0.717) is 0 Å². The summed E-state index contributed by atoms with van der Waals surface area (Å²) in [7, 11) is 0. The van der Waals surface area contributed by atoms with Gasteiger partial charge in [0, 0.05) is 33.4 Å². The van der Waals surface area contributed by atoms with Gasteiger partial charge >= 0.3 is 5.97 Å². The maximum Gasteiger partial charge on any atom is 0.327 e. The predicted molar refractivity (Wildman–Crippen MR) is 23.6 cm³/mol. The summed E-state index contributed by atoms with van der Waals surface area (Å²) in [6.45, 7) is 2.96. The molecule has 1 N–H and O–H groups in total. The quantitative estimate of drug-likeness (QED) is 0.536. The zero-order chi connectivity index (χ0) is 4.28. The van der Waals surface area contributed by atoms with Crippen LogP contribution in [-0.2, 0) is 4.79 Å². The van der Waals surface area contributed by atoms with E-state index in [0.717, 1.165) is 6.08 Å². The van der Waals surface area contributed by atoms with Crippen molar-refractivity contribution in [2.45, 2.75) is 0 Å².